The summed E-state index contributed by atoms with van der Waals surface area (Å²) in [7, 11) is -16.3. The SMILES string of the molecule is CN(CCCCCCCC(=O)CCCN1C(=O)C=CC1=O)c1ccc(NNc2ccc(N=c3cc(S(=O)(=O)O)c(=N)c4c(=O)c5ccccc5c(=O)c3=4)c(S(=O)(=O)O)c2)cc1.CN(CCCCCCCC(=O)NNc1nc(Cl)nc(Cl)n1)c1ccc(NNc2ccc(N=c3cc(S(=O)(=O)O)c(=N)c4c(=O)c5ccccc5c(=O)c3=4)c(S(=O)(=O)O)c2)cc1. The van der Waals surface area contributed by atoms with Crippen molar-refractivity contribution in [3.05, 3.63) is 252 Å². The molecule has 0 atom stereocenters. The monoisotopic (exact) mass is 1780 g/mol. The van der Waals surface area contributed by atoms with Gasteiger partial charge >= 0.3 is 0 Å². The van der Waals surface area contributed by atoms with Crippen LogP contribution in [0.5, 0.6) is 0 Å². The Labute approximate surface area is 704 Å². The van der Waals surface area contributed by atoms with Crippen molar-refractivity contribution in [1.29, 1.82) is 10.8 Å². The molecule has 6 aromatic carbocycles. The summed E-state index contributed by atoms with van der Waals surface area (Å²) in [6.45, 7) is 1.84. The lowest BCUT2D eigenvalue weighted by atomic mass is 10.0. The van der Waals surface area contributed by atoms with Crippen molar-refractivity contribution in [3.8, 4) is 0 Å². The van der Waals surface area contributed by atoms with Crippen LogP contribution in [0.25, 0.3) is 21.5 Å². The summed E-state index contributed by atoms with van der Waals surface area (Å²) < 4.78 is 140. The molecule has 0 unspecified atom stereocenters. The van der Waals surface area contributed by atoms with Gasteiger partial charge in [-0.3, -0.25) is 83.1 Å². The quantitative estimate of drug-likeness (QED) is 0.00764. The fourth-order valence-electron chi connectivity index (χ4n) is 13.4. The number of nitrogens with one attached hydrogen (secondary N) is 8. The number of nitrogens with zero attached hydrogens (tertiary/aromatic N) is 8. The Morgan fingerprint density at radius 1 is 0.418 bits per heavy atom. The van der Waals surface area contributed by atoms with Crippen LogP contribution in [0.2, 0.25) is 10.6 Å². The Bertz CT molecular complexity index is 7080. The fraction of sp³-hybridized carbons (Fsp3) is 0.237. The molecule has 0 saturated carbocycles. The number of imide groups is 1. The van der Waals surface area contributed by atoms with Crippen LogP contribution in [0.1, 0.15) is 89.9 Å². The van der Waals surface area contributed by atoms with Gasteiger partial charge in [-0.2, -0.15) is 48.6 Å². The second kappa shape index (κ2) is 38.9. The molecule has 12 rings (SSSR count). The molecular weight excluding hydrogens is 1700 g/mol. The third-order valence-corrected chi connectivity index (χ3v) is 23.5. The first kappa shape index (κ1) is 90.3. The molecule has 42 heteroatoms. The molecule has 7 aromatic rings. The van der Waals surface area contributed by atoms with E-state index in [1.807, 2.05) is 38.4 Å². The topological polar surface area (TPSA) is 547 Å². The zero-order chi connectivity index (χ0) is 88.1. The number of ketones is 1. The van der Waals surface area contributed by atoms with Crippen molar-refractivity contribution in [1.82, 2.24) is 25.3 Å². The van der Waals surface area contributed by atoms with E-state index in [1.165, 1.54) is 84.9 Å². The molecule has 5 aliphatic rings. The zero-order valence-electron chi connectivity index (χ0n) is 64.8. The van der Waals surface area contributed by atoms with Gasteiger partial charge in [-0.15, -0.1) is 0 Å². The van der Waals surface area contributed by atoms with Gasteiger partial charge in [0.25, 0.3) is 52.3 Å². The molecule has 12 N–H and O–H groups in total. The van der Waals surface area contributed by atoms with Crippen LogP contribution >= 0.6 is 23.2 Å². The summed E-state index contributed by atoms with van der Waals surface area (Å²) in [6, 6.07) is 34.7. The van der Waals surface area contributed by atoms with Gasteiger partial charge in [0, 0.05) is 98.1 Å². The molecule has 636 valence electrons. The summed E-state index contributed by atoms with van der Waals surface area (Å²) in [4.78, 5) is 123. The average Bonchev–Trinajstić information content (AvgIpc) is 0.760. The second-order valence-corrected chi connectivity index (χ2v) is 34.3. The third kappa shape index (κ3) is 22.4. The Morgan fingerprint density at radius 2 is 0.762 bits per heavy atom. The van der Waals surface area contributed by atoms with Gasteiger partial charge in [-0.25, -0.2) is 9.98 Å². The molecule has 2 heterocycles. The largest absolute Gasteiger partial charge is 0.375 e. The molecule has 122 heavy (non-hydrogen) atoms. The Kier molecular flexibility index (Phi) is 28.8. The lowest BCUT2D eigenvalue weighted by Gasteiger charge is -2.20. The first-order valence-electron chi connectivity index (χ1n) is 37.5. The highest BCUT2D eigenvalue weighted by Crippen LogP contribution is 2.31. The van der Waals surface area contributed by atoms with Gasteiger partial charge in [-0.1, -0.05) is 87.1 Å². The molecular formula is C80H78Cl2N16O20S4. The number of anilines is 7. The molecule has 0 saturated heterocycles. The van der Waals surface area contributed by atoms with E-state index in [0.717, 1.165) is 99.3 Å². The number of amides is 3. The minimum Gasteiger partial charge on any atom is -0.375 e. The van der Waals surface area contributed by atoms with E-state index in [2.05, 4.69) is 67.3 Å². The normalized spacial score (nSPS) is 12.8. The highest BCUT2D eigenvalue weighted by molar-refractivity contribution is 7.86. The van der Waals surface area contributed by atoms with E-state index in [9.17, 15) is 90.2 Å². The number of hydrazine groups is 3. The summed E-state index contributed by atoms with van der Waals surface area (Å²) in [5.41, 5.74) is 15.9. The first-order chi connectivity index (χ1) is 57.8. The molecule has 0 radical (unpaired) electrons. The Hall–Kier alpha value is -12.5. The van der Waals surface area contributed by atoms with Crippen LogP contribution in [0.4, 0.5) is 51.4 Å². The van der Waals surface area contributed by atoms with Crippen molar-refractivity contribution >= 4 is 160 Å². The highest BCUT2D eigenvalue weighted by Gasteiger charge is 2.26. The number of carbonyl (C=O) groups excluding carboxylic acids is 4. The van der Waals surface area contributed by atoms with E-state index in [-0.39, 0.29) is 79.5 Å². The number of aromatic nitrogens is 3. The molecule has 3 amide bonds. The lowest BCUT2D eigenvalue weighted by molar-refractivity contribution is -0.137. The van der Waals surface area contributed by atoms with Crippen LogP contribution in [0.15, 0.2) is 206 Å². The van der Waals surface area contributed by atoms with E-state index < -0.39 is 135 Å². The summed E-state index contributed by atoms with van der Waals surface area (Å²) in [5.74, 6) is -0.739. The zero-order valence-corrected chi connectivity index (χ0v) is 69.6. The number of hydrogen-bond acceptors (Lipinski definition) is 30. The lowest BCUT2D eigenvalue weighted by Crippen LogP contribution is -2.32. The number of hydrogen-bond donors (Lipinski definition) is 12. The van der Waals surface area contributed by atoms with Gasteiger partial charge in [0.2, 0.25) is 22.4 Å². The number of benzene rings is 6. The first-order valence-corrected chi connectivity index (χ1v) is 44.0. The van der Waals surface area contributed by atoms with Gasteiger partial charge in [0.15, 0.2) is 21.7 Å². The van der Waals surface area contributed by atoms with Crippen LogP contribution in [-0.4, -0.2) is 129 Å². The maximum Gasteiger partial charge on any atom is 0.296 e. The van der Waals surface area contributed by atoms with Crippen molar-refractivity contribution in [2.24, 2.45) is 9.98 Å². The summed E-state index contributed by atoms with van der Waals surface area (Å²) in [6.07, 6.45) is 13.1. The molecule has 1 aliphatic heterocycles. The van der Waals surface area contributed by atoms with Gasteiger partial charge in [0.05, 0.1) is 76.4 Å². The molecule has 0 spiro atoms. The summed E-state index contributed by atoms with van der Waals surface area (Å²) in [5, 5.41) is 11.2. The Balaban J connectivity index is 0.000000238. The molecule has 36 nitrogen and oxygen atoms in total. The van der Waals surface area contributed by atoms with Gasteiger partial charge in [0.1, 0.15) is 25.4 Å². The number of fused-ring (bicyclic) bond motifs is 2. The molecule has 0 bridgehead atoms. The minimum absolute atomic E-state index is 0.0328. The van der Waals surface area contributed by atoms with Gasteiger partial charge in [-0.05, 0) is 152 Å². The maximum absolute atomic E-state index is 13.6. The van der Waals surface area contributed by atoms with Crippen LogP contribution in [-0.2, 0) is 59.7 Å². The average molecular weight is 1780 g/mol. The standard InChI is InChI=1S/C42H42N6O11S2.C38H36Cl2N10O9S2/c1-47(22-8-4-2-3-5-10-29(49)11-9-23-48-36(50)20-21-37(48)51)28-17-14-26(15-18-28)45-46-27-16-19-32(34(24-27)60(54,55)56)44-33-25-35(61(57,58)59)40(43)39-38(33)41(52)30-12-6-7-13-31(30)42(39)53;1-50(18-8-4-2-3-5-11-30(51)48-49-38-44-36(39)43-37(40)45-38)23-15-12-21(13-16-23)46-47-22-14-17-26(28(19-22)60(54,55)56)42-27-20-29(61(57,58)59)33(41)32-31(27)34(52)24-9-6-7-10-25(24)35(32)53/h6-7,12-21,24-25,43,45-46H,2-5,8-11,22-23H2,1H3,(H,54,55,56)(H,57,58,59);6-7,9-10,12-17,19-20,41,46-47H,2-5,8,11,18H2,1H3,(H,48,51)(H,54,55,56)(H,57,58,59)(H,43,44,45,49). The maximum atomic E-state index is 13.6. The van der Waals surface area contributed by atoms with Crippen LogP contribution < -0.4 is 85.5 Å². The number of carbonyl (C=O) groups is 4. The van der Waals surface area contributed by atoms with E-state index in [1.54, 1.807) is 24.3 Å². The predicted molar refractivity (Wildman–Crippen MR) is 454 cm³/mol. The third-order valence-electron chi connectivity index (χ3n) is 19.6. The minimum atomic E-state index is -5.13. The number of Topliss-reactive ketones (excluding diaryl/α,β-unsaturated/α-hetero) is 1. The predicted octanol–water partition coefficient (Wildman–Crippen LogP) is 8.07. The number of unbranched alkanes of at least 4 members (excludes halogenated alkanes) is 8. The Morgan fingerprint density at radius 3 is 1.16 bits per heavy atom. The van der Waals surface area contributed by atoms with Crippen LogP contribution in [0, 0.1) is 31.7 Å². The molecule has 4 aliphatic carbocycles. The van der Waals surface area contributed by atoms with Crippen molar-refractivity contribution in [3.63, 3.8) is 0 Å². The van der Waals surface area contributed by atoms with E-state index >= 15 is 0 Å². The summed E-state index contributed by atoms with van der Waals surface area (Å²) >= 11 is 11.4. The number of halogens is 2. The van der Waals surface area contributed by atoms with Crippen molar-refractivity contribution < 1.29 is 71.1 Å². The molecule has 1 aromatic heterocycles. The molecule has 0 fully saturated rings. The van der Waals surface area contributed by atoms with E-state index in [0.29, 0.717) is 55.6 Å². The van der Waals surface area contributed by atoms with Crippen LogP contribution in [0.3, 0.4) is 0 Å². The van der Waals surface area contributed by atoms with Crippen molar-refractivity contribution in [2.45, 2.75) is 109 Å². The smallest absolute Gasteiger partial charge is 0.296 e. The number of rotatable bonds is 36. The fourth-order valence-corrected chi connectivity index (χ4v) is 16.3. The van der Waals surface area contributed by atoms with Gasteiger partial charge < -0.3 is 31.5 Å². The van der Waals surface area contributed by atoms with E-state index in [4.69, 9.17) is 34.0 Å². The highest BCUT2D eigenvalue weighted by atomic mass is 35.5. The second-order valence-electron chi connectivity index (χ2n) is 28.1. The van der Waals surface area contributed by atoms with Crippen molar-refractivity contribution in [2.75, 3.05) is 70.7 Å².